The molecule has 1 fully saturated rings. The SMILES string of the molecule is CC(C)(C)OC(=O)N1CCN(c2ccc(C(N)C(F)(F)F)cc2)CC1. The molecule has 0 spiro atoms. The molecule has 1 heterocycles. The Morgan fingerprint density at radius 1 is 1.08 bits per heavy atom. The lowest BCUT2D eigenvalue weighted by atomic mass is 10.1. The fourth-order valence-corrected chi connectivity index (χ4v) is 2.56. The van der Waals surface area contributed by atoms with Gasteiger partial charge in [0.1, 0.15) is 11.6 Å². The van der Waals surface area contributed by atoms with E-state index in [9.17, 15) is 18.0 Å². The standard InChI is InChI=1S/C17H24F3N3O2/c1-16(2,3)25-15(24)23-10-8-22(9-11-23)13-6-4-12(5-7-13)14(21)17(18,19)20/h4-7,14H,8-11,21H2,1-3H3. The van der Waals surface area contributed by atoms with E-state index in [-0.39, 0.29) is 11.7 Å². The topological polar surface area (TPSA) is 58.8 Å². The number of amides is 1. The van der Waals surface area contributed by atoms with Crippen molar-refractivity contribution in [1.29, 1.82) is 0 Å². The number of nitrogens with two attached hydrogens (primary N) is 1. The normalized spacial score (nSPS) is 17.4. The molecule has 5 nitrogen and oxygen atoms in total. The van der Waals surface area contributed by atoms with E-state index in [2.05, 4.69) is 0 Å². The van der Waals surface area contributed by atoms with Gasteiger partial charge in [-0.05, 0) is 38.5 Å². The largest absolute Gasteiger partial charge is 0.444 e. The zero-order chi connectivity index (χ0) is 18.8. The third kappa shape index (κ3) is 5.26. The second-order valence-corrected chi connectivity index (χ2v) is 7.07. The van der Waals surface area contributed by atoms with Gasteiger partial charge in [-0.15, -0.1) is 0 Å². The van der Waals surface area contributed by atoms with E-state index >= 15 is 0 Å². The Labute approximate surface area is 145 Å². The molecule has 1 aliphatic heterocycles. The van der Waals surface area contributed by atoms with Gasteiger partial charge in [-0.25, -0.2) is 4.79 Å². The number of hydrogen-bond donors (Lipinski definition) is 1. The third-order valence-corrected chi connectivity index (χ3v) is 3.90. The van der Waals surface area contributed by atoms with Gasteiger partial charge in [0.05, 0.1) is 0 Å². The van der Waals surface area contributed by atoms with Crippen LogP contribution in [0.25, 0.3) is 0 Å². The molecule has 1 amide bonds. The number of piperazine rings is 1. The Hall–Kier alpha value is -1.96. The Morgan fingerprint density at radius 3 is 2.04 bits per heavy atom. The van der Waals surface area contributed by atoms with Crippen LogP contribution in [0.1, 0.15) is 32.4 Å². The van der Waals surface area contributed by atoms with Crippen LogP contribution in [0.4, 0.5) is 23.7 Å². The lowest BCUT2D eigenvalue weighted by Crippen LogP contribution is -2.50. The number of anilines is 1. The molecule has 1 atom stereocenters. The summed E-state index contributed by atoms with van der Waals surface area (Å²) < 4.78 is 43.3. The number of carbonyl (C=O) groups excluding carboxylic acids is 1. The quantitative estimate of drug-likeness (QED) is 0.880. The lowest BCUT2D eigenvalue weighted by molar-refractivity contribution is -0.149. The molecule has 1 aliphatic rings. The van der Waals surface area contributed by atoms with Gasteiger partial charge in [0.25, 0.3) is 0 Å². The minimum absolute atomic E-state index is 0.0311. The van der Waals surface area contributed by atoms with E-state index in [4.69, 9.17) is 10.5 Å². The summed E-state index contributed by atoms with van der Waals surface area (Å²) in [7, 11) is 0. The van der Waals surface area contributed by atoms with Crippen molar-refractivity contribution < 1.29 is 22.7 Å². The van der Waals surface area contributed by atoms with Crippen molar-refractivity contribution in [3.8, 4) is 0 Å². The zero-order valence-electron chi connectivity index (χ0n) is 14.6. The first-order valence-electron chi connectivity index (χ1n) is 8.12. The Balaban J connectivity index is 1.94. The maximum Gasteiger partial charge on any atom is 0.410 e. The van der Waals surface area contributed by atoms with Crippen molar-refractivity contribution in [3.05, 3.63) is 29.8 Å². The first-order valence-corrected chi connectivity index (χ1v) is 8.12. The second-order valence-electron chi connectivity index (χ2n) is 7.07. The maximum atomic E-state index is 12.6. The van der Waals surface area contributed by atoms with Crippen molar-refractivity contribution in [2.75, 3.05) is 31.1 Å². The van der Waals surface area contributed by atoms with Crippen molar-refractivity contribution in [2.45, 2.75) is 38.6 Å². The molecule has 1 saturated heterocycles. The van der Waals surface area contributed by atoms with Crippen LogP contribution in [0.2, 0.25) is 0 Å². The minimum atomic E-state index is -4.46. The number of ether oxygens (including phenoxy) is 1. The lowest BCUT2D eigenvalue weighted by Gasteiger charge is -2.36. The number of halogens is 3. The van der Waals surface area contributed by atoms with E-state index in [0.29, 0.717) is 26.2 Å². The van der Waals surface area contributed by atoms with Crippen molar-refractivity contribution >= 4 is 11.8 Å². The summed E-state index contributed by atoms with van der Waals surface area (Å²) in [6.07, 6.45) is -4.81. The Kier molecular flexibility index (Phi) is 5.51. The van der Waals surface area contributed by atoms with Crippen LogP contribution in [-0.4, -0.2) is 48.9 Å². The molecule has 0 bridgehead atoms. The van der Waals surface area contributed by atoms with Crippen LogP contribution in [0, 0.1) is 0 Å². The Bertz CT molecular complexity index is 589. The van der Waals surface area contributed by atoms with E-state index < -0.39 is 17.8 Å². The molecule has 0 radical (unpaired) electrons. The summed E-state index contributed by atoms with van der Waals surface area (Å²) in [5.74, 6) is 0. The average molecular weight is 359 g/mol. The van der Waals surface area contributed by atoms with Crippen LogP contribution in [0.15, 0.2) is 24.3 Å². The first kappa shape index (κ1) is 19.4. The summed E-state index contributed by atoms with van der Waals surface area (Å²) in [6.45, 7) is 7.61. The fraction of sp³-hybridized carbons (Fsp3) is 0.588. The van der Waals surface area contributed by atoms with Gasteiger partial charge >= 0.3 is 12.3 Å². The maximum absolute atomic E-state index is 12.6. The van der Waals surface area contributed by atoms with Crippen molar-refractivity contribution in [2.24, 2.45) is 5.73 Å². The minimum Gasteiger partial charge on any atom is -0.444 e. The van der Waals surface area contributed by atoms with Crippen LogP contribution >= 0.6 is 0 Å². The molecular formula is C17H24F3N3O2. The summed E-state index contributed by atoms with van der Waals surface area (Å²) in [6, 6.07) is 4.07. The van der Waals surface area contributed by atoms with E-state index in [1.54, 1.807) is 17.0 Å². The summed E-state index contributed by atoms with van der Waals surface area (Å²) in [4.78, 5) is 15.7. The second kappa shape index (κ2) is 7.11. The predicted molar refractivity (Wildman–Crippen MR) is 89.4 cm³/mol. The van der Waals surface area contributed by atoms with Gasteiger partial charge in [0, 0.05) is 31.9 Å². The molecule has 1 unspecified atom stereocenters. The van der Waals surface area contributed by atoms with E-state index in [0.717, 1.165) is 5.69 Å². The highest BCUT2D eigenvalue weighted by Crippen LogP contribution is 2.31. The number of alkyl halides is 3. The molecule has 2 N–H and O–H groups in total. The van der Waals surface area contributed by atoms with Crippen LogP contribution in [0.3, 0.4) is 0 Å². The Morgan fingerprint density at radius 2 is 1.60 bits per heavy atom. The molecule has 0 aliphatic carbocycles. The monoisotopic (exact) mass is 359 g/mol. The first-order chi connectivity index (χ1) is 11.5. The van der Waals surface area contributed by atoms with E-state index in [1.165, 1.54) is 12.1 Å². The molecule has 0 aromatic heterocycles. The fourth-order valence-electron chi connectivity index (χ4n) is 2.56. The highest BCUT2D eigenvalue weighted by atomic mass is 19.4. The van der Waals surface area contributed by atoms with Gasteiger partial charge in [-0.2, -0.15) is 13.2 Å². The van der Waals surface area contributed by atoms with Gasteiger partial charge in [-0.1, -0.05) is 12.1 Å². The zero-order valence-corrected chi connectivity index (χ0v) is 14.6. The van der Waals surface area contributed by atoms with Gasteiger partial charge in [0.2, 0.25) is 0 Å². The number of carbonyl (C=O) groups is 1. The predicted octanol–water partition coefficient (Wildman–Crippen LogP) is 3.31. The molecule has 1 aromatic rings. The van der Waals surface area contributed by atoms with Crippen LogP contribution in [0.5, 0.6) is 0 Å². The average Bonchev–Trinajstić information content (AvgIpc) is 2.52. The van der Waals surface area contributed by atoms with Crippen LogP contribution in [-0.2, 0) is 4.74 Å². The molecule has 2 rings (SSSR count). The van der Waals surface area contributed by atoms with Gasteiger partial charge < -0.3 is 20.3 Å². The number of hydrogen-bond acceptors (Lipinski definition) is 4. The molecule has 25 heavy (non-hydrogen) atoms. The summed E-state index contributed by atoms with van der Waals surface area (Å²) >= 11 is 0. The number of nitrogens with zero attached hydrogens (tertiary/aromatic N) is 2. The van der Waals surface area contributed by atoms with Gasteiger partial charge in [0.15, 0.2) is 0 Å². The smallest absolute Gasteiger partial charge is 0.410 e. The molecule has 8 heteroatoms. The third-order valence-electron chi connectivity index (χ3n) is 3.90. The van der Waals surface area contributed by atoms with Gasteiger partial charge in [-0.3, -0.25) is 0 Å². The number of rotatable bonds is 2. The highest BCUT2D eigenvalue weighted by molar-refractivity contribution is 5.68. The molecular weight excluding hydrogens is 335 g/mol. The summed E-state index contributed by atoms with van der Waals surface area (Å²) in [5, 5.41) is 0. The molecule has 140 valence electrons. The molecule has 1 aromatic carbocycles. The summed E-state index contributed by atoms with van der Waals surface area (Å²) in [5.41, 5.74) is 5.50. The van der Waals surface area contributed by atoms with Crippen molar-refractivity contribution in [1.82, 2.24) is 4.90 Å². The highest BCUT2D eigenvalue weighted by Gasteiger charge is 2.37. The van der Waals surface area contributed by atoms with Crippen molar-refractivity contribution in [3.63, 3.8) is 0 Å². The van der Waals surface area contributed by atoms with Crippen LogP contribution < -0.4 is 10.6 Å². The van der Waals surface area contributed by atoms with E-state index in [1.807, 2.05) is 25.7 Å². The molecule has 0 saturated carbocycles. The number of benzene rings is 1.